The van der Waals surface area contributed by atoms with E-state index in [0.717, 1.165) is 194 Å². The van der Waals surface area contributed by atoms with Gasteiger partial charge in [-0.2, -0.15) is 0 Å². The summed E-state index contributed by atoms with van der Waals surface area (Å²) in [7, 11) is 8.29. The molecule has 0 N–H and O–H groups in total. The van der Waals surface area contributed by atoms with Gasteiger partial charge in [-0.25, -0.2) is 38.2 Å². The van der Waals surface area contributed by atoms with E-state index in [1.807, 2.05) is 26.2 Å². The van der Waals surface area contributed by atoms with Crippen molar-refractivity contribution in [2.75, 3.05) is 0 Å². The molecule has 0 amide bonds. The number of rotatable bonds is 16. The summed E-state index contributed by atoms with van der Waals surface area (Å²) in [6, 6.07) is 42.6. The molecule has 0 aliphatic heterocycles. The topological polar surface area (TPSA) is 120 Å². The van der Waals surface area contributed by atoms with Gasteiger partial charge in [0.25, 0.3) is 0 Å². The van der Waals surface area contributed by atoms with Gasteiger partial charge in [0.05, 0.1) is 22.3 Å². The van der Waals surface area contributed by atoms with Crippen molar-refractivity contribution in [1.29, 1.82) is 0 Å². The van der Waals surface area contributed by atoms with Crippen LogP contribution in [0.15, 0.2) is 164 Å². The molecule has 0 saturated heterocycles. The van der Waals surface area contributed by atoms with Gasteiger partial charge in [0, 0.05) is 118 Å². The quantitative estimate of drug-likeness (QED) is 0.0878. The van der Waals surface area contributed by atoms with Crippen molar-refractivity contribution < 1.29 is 41.4 Å². The minimum absolute atomic E-state index is 0.229. The van der Waals surface area contributed by atoms with Gasteiger partial charge in [-0.1, -0.05) is 159 Å². The van der Waals surface area contributed by atoms with Crippen LogP contribution in [-0.2, 0) is 79.5 Å². The molecule has 12 nitrogen and oxygen atoms in total. The standard InChI is InChI=1S/C26H31N2O.2C25H29N2O.C24H27N2O/c1-8-18-13-23(28(7)14-21(18)15(2)3)24-17(6)9-10-19-20-11-12-22(16(4)5)27-26(20)29-25(19)24;1-7-17-13-22(27(6)14-21(17)15(3)4)23-16(5)9-11-19-20-12-10-18(8-2)26-25(20)28-24(19)23;1-7-17-13-22(27(6)14-18(17)8-2)23-16(5)9-10-19-20-11-12-21(15(3)4)26-25(20)28-24(19)23;1-6-16-13-21(26(5)14-17(16)7-2)22-15(4)9-11-19-20-12-10-18(8-3)25-24(20)27-23(19)22/h9-16H,8H2,1-7H3;2*9-15H,7-8H2,1-6H3;9-14H,6-8H2,1-5H3/q4*+1/i8D2;7D2;;. The van der Waals surface area contributed by atoms with Crippen LogP contribution in [0.4, 0.5) is 0 Å². The lowest BCUT2D eigenvalue weighted by Gasteiger charge is -2.13. The molecule has 112 heavy (non-hydrogen) atoms. The average Bonchev–Trinajstić information content (AvgIpc) is 1.60. The third kappa shape index (κ3) is 14.9. The van der Waals surface area contributed by atoms with Crippen LogP contribution in [0.5, 0.6) is 0 Å². The van der Waals surface area contributed by atoms with Crippen molar-refractivity contribution in [2.45, 2.75) is 213 Å². The highest BCUT2D eigenvalue weighted by atomic mass is 16.4. The summed E-state index contributed by atoms with van der Waals surface area (Å²) in [6.45, 7) is 41.8. The molecule has 0 spiro atoms. The Kier molecular flexibility index (Phi) is 21.8. The van der Waals surface area contributed by atoms with Crippen molar-refractivity contribution in [3.05, 3.63) is 236 Å². The fourth-order valence-corrected chi connectivity index (χ4v) is 16.2. The van der Waals surface area contributed by atoms with Crippen molar-refractivity contribution in [3.63, 3.8) is 0 Å². The number of hydrogen-bond acceptors (Lipinski definition) is 8. The van der Waals surface area contributed by atoms with E-state index in [1.54, 1.807) is 13.8 Å². The zero-order valence-corrected chi connectivity index (χ0v) is 70.6. The number of fused-ring (bicyclic) bond motifs is 12. The normalized spacial score (nSPS) is 12.6. The highest BCUT2D eigenvalue weighted by molar-refractivity contribution is 6.12. The van der Waals surface area contributed by atoms with Gasteiger partial charge in [-0.15, -0.1) is 0 Å². The van der Waals surface area contributed by atoms with E-state index >= 15 is 0 Å². The second kappa shape index (κ2) is 32.9. The van der Waals surface area contributed by atoms with Gasteiger partial charge >= 0.3 is 0 Å². The Morgan fingerprint density at radius 2 is 0.554 bits per heavy atom. The predicted octanol–water partition coefficient (Wildman–Crippen LogP) is 24.1. The van der Waals surface area contributed by atoms with Crippen LogP contribution in [-0.4, -0.2) is 19.9 Å². The number of benzene rings is 4. The first-order valence-corrected chi connectivity index (χ1v) is 40.5. The van der Waals surface area contributed by atoms with Gasteiger partial charge in [0.15, 0.2) is 47.1 Å². The monoisotopic (exact) mass is 1500 g/mol. The highest BCUT2D eigenvalue weighted by Gasteiger charge is 2.29. The van der Waals surface area contributed by atoms with E-state index in [1.165, 1.54) is 55.9 Å². The van der Waals surface area contributed by atoms with Crippen LogP contribution in [0.25, 0.3) is 133 Å². The van der Waals surface area contributed by atoms with Gasteiger partial charge in [0.2, 0.25) is 45.6 Å². The Hall–Kier alpha value is -10.7. The van der Waals surface area contributed by atoms with Crippen LogP contribution < -0.4 is 18.3 Å². The maximum absolute atomic E-state index is 8.43. The summed E-state index contributed by atoms with van der Waals surface area (Å²) in [6.07, 6.45) is 11.7. The molecule has 0 aliphatic rings. The number of aromatic nitrogens is 8. The van der Waals surface area contributed by atoms with Crippen molar-refractivity contribution in [3.8, 4) is 45.0 Å². The van der Waals surface area contributed by atoms with E-state index in [-0.39, 0.29) is 11.8 Å². The van der Waals surface area contributed by atoms with Crippen molar-refractivity contribution in [2.24, 2.45) is 28.2 Å². The second-order valence-corrected chi connectivity index (χ2v) is 31.6. The third-order valence-corrected chi connectivity index (χ3v) is 22.8. The smallest absolute Gasteiger partial charge is 0.227 e. The lowest BCUT2D eigenvalue weighted by atomic mass is 9.94. The van der Waals surface area contributed by atoms with Gasteiger partial charge in [0.1, 0.15) is 28.2 Å². The van der Waals surface area contributed by atoms with E-state index < -0.39 is 12.7 Å². The summed E-state index contributed by atoms with van der Waals surface area (Å²) < 4.78 is 67.7. The molecule has 12 heteroatoms. The second-order valence-electron chi connectivity index (χ2n) is 31.6. The van der Waals surface area contributed by atoms with Crippen molar-refractivity contribution in [1.82, 2.24) is 19.9 Å². The average molecular weight is 1500 g/mol. The first-order chi connectivity index (χ1) is 55.1. The Balaban J connectivity index is 0.000000135. The number of furan rings is 4. The number of pyridine rings is 8. The first-order valence-electron chi connectivity index (χ1n) is 42.5. The molecule has 0 aliphatic carbocycles. The number of aryl methyl sites for hydroxylation is 16. The van der Waals surface area contributed by atoms with Gasteiger partial charge in [-0.3, -0.25) is 0 Å². The fraction of sp³-hybridized carbons (Fsp3) is 0.360. The molecular weight excluding hydrogens is 1380 g/mol. The maximum atomic E-state index is 8.43. The minimum Gasteiger partial charge on any atom is -0.437 e. The Labute approximate surface area is 668 Å². The van der Waals surface area contributed by atoms with Crippen LogP contribution in [0, 0.1) is 27.7 Å². The molecular formula is C100H116N8O4+4. The van der Waals surface area contributed by atoms with E-state index in [0.29, 0.717) is 23.3 Å². The molecule has 4 aromatic carbocycles. The van der Waals surface area contributed by atoms with Crippen LogP contribution in [0.1, 0.15) is 229 Å². The zero-order chi connectivity index (χ0) is 83.6. The zero-order valence-electron chi connectivity index (χ0n) is 74.6. The van der Waals surface area contributed by atoms with E-state index in [9.17, 15) is 0 Å². The first kappa shape index (κ1) is 74.0. The summed E-state index contributed by atoms with van der Waals surface area (Å²) in [4.78, 5) is 18.9. The molecule has 12 heterocycles. The minimum atomic E-state index is -1.44. The summed E-state index contributed by atoms with van der Waals surface area (Å²) in [5.74, 6) is 1.17. The molecule has 0 atom stereocenters. The third-order valence-electron chi connectivity index (χ3n) is 22.8. The van der Waals surface area contributed by atoms with Gasteiger partial charge in [-0.05, 0) is 196 Å². The SMILES string of the molecule is CCc1cc(-c2c(C)ccc3c2oc2nc(C(C)C)ccc23)[n+](C)cc1CC.CCc1ccc2c(n1)oc1c(-c3cc(CC)c(CC)c[n+]3C)c(C)ccc12.[2H]C([2H])(C)c1cc(-c2c(C)ccc3c2oc2nc(C(C)C)ccc23)[n+](C)cc1C(C)C.[2H]C([2H])(C)c1cc(-c2c(C)ccc3c2oc2nc(CC)ccc23)[n+](C)cc1C(C)C. The van der Waals surface area contributed by atoms with Crippen LogP contribution in [0.2, 0.25) is 0 Å². The van der Waals surface area contributed by atoms with Gasteiger partial charge < -0.3 is 17.7 Å². The molecule has 0 unspecified atom stereocenters. The molecule has 16 aromatic rings. The van der Waals surface area contributed by atoms with E-state index in [2.05, 4.69) is 296 Å². The Morgan fingerprint density at radius 3 is 0.812 bits per heavy atom. The van der Waals surface area contributed by atoms with Crippen molar-refractivity contribution >= 4 is 88.3 Å². The fourth-order valence-electron chi connectivity index (χ4n) is 16.2. The van der Waals surface area contributed by atoms with E-state index in [4.69, 9.17) is 38.1 Å². The summed E-state index contributed by atoms with van der Waals surface area (Å²) in [5.41, 5.74) is 32.8. The number of hydrogen-bond donors (Lipinski definition) is 0. The molecule has 0 radical (unpaired) electrons. The molecule has 576 valence electrons. The number of nitrogens with zero attached hydrogens (tertiary/aromatic N) is 8. The lowest BCUT2D eigenvalue weighted by Crippen LogP contribution is -2.32. The predicted molar refractivity (Wildman–Crippen MR) is 463 cm³/mol. The largest absolute Gasteiger partial charge is 0.437 e. The molecule has 0 fully saturated rings. The summed E-state index contributed by atoms with van der Waals surface area (Å²) in [5, 5.41) is 8.54. The molecule has 0 saturated carbocycles. The molecule has 0 bridgehead atoms. The van der Waals surface area contributed by atoms with Crippen LogP contribution in [0.3, 0.4) is 0 Å². The lowest BCUT2D eigenvalue weighted by molar-refractivity contribution is -0.661. The Bertz CT molecular complexity index is 6460. The molecule has 16 rings (SSSR count). The Morgan fingerprint density at radius 1 is 0.295 bits per heavy atom. The highest BCUT2D eigenvalue weighted by Crippen LogP contribution is 2.43. The molecule has 12 aromatic heterocycles. The summed E-state index contributed by atoms with van der Waals surface area (Å²) >= 11 is 0. The maximum Gasteiger partial charge on any atom is 0.227 e. The van der Waals surface area contributed by atoms with Crippen LogP contribution >= 0.6 is 0 Å².